The van der Waals surface area contributed by atoms with Crippen molar-refractivity contribution < 1.29 is 18.0 Å². The standard InChI is InChI=1S/C10H7Br2F3O/c11-5-4-8(16)6-2-1-3-7(12)9(6)10(13,14)15/h1-3H,4-5H2. The van der Waals surface area contributed by atoms with Crippen LogP contribution in [0.2, 0.25) is 0 Å². The highest BCUT2D eigenvalue weighted by Gasteiger charge is 2.37. The summed E-state index contributed by atoms with van der Waals surface area (Å²) in [6.45, 7) is 0. The van der Waals surface area contributed by atoms with Crippen molar-refractivity contribution in [2.75, 3.05) is 5.33 Å². The zero-order chi connectivity index (χ0) is 12.3. The fraction of sp³-hybridized carbons (Fsp3) is 0.300. The van der Waals surface area contributed by atoms with Gasteiger partial charge in [0.1, 0.15) is 0 Å². The van der Waals surface area contributed by atoms with Crippen LogP contribution < -0.4 is 0 Å². The van der Waals surface area contributed by atoms with Crippen molar-refractivity contribution in [3.8, 4) is 0 Å². The monoisotopic (exact) mass is 358 g/mol. The van der Waals surface area contributed by atoms with Gasteiger partial charge in [0.05, 0.1) is 5.56 Å². The summed E-state index contributed by atoms with van der Waals surface area (Å²) in [7, 11) is 0. The molecule has 0 aliphatic rings. The molecule has 1 aromatic rings. The Kier molecular flexibility index (Phi) is 4.55. The van der Waals surface area contributed by atoms with Crippen LogP contribution >= 0.6 is 31.9 Å². The lowest BCUT2D eigenvalue weighted by atomic mass is 10.0. The molecule has 0 saturated carbocycles. The number of rotatable bonds is 3. The first kappa shape index (κ1) is 13.7. The minimum absolute atomic E-state index is 0.0412. The van der Waals surface area contributed by atoms with Gasteiger partial charge in [0.2, 0.25) is 0 Å². The van der Waals surface area contributed by atoms with Gasteiger partial charge in [-0.1, -0.05) is 44.0 Å². The molecule has 0 fully saturated rings. The van der Waals surface area contributed by atoms with Crippen LogP contribution in [-0.4, -0.2) is 11.1 Å². The van der Waals surface area contributed by atoms with E-state index in [9.17, 15) is 18.0 Å². The van der Waals surface area contributed by atoms with Crippen molar-refractivity contribution in [2.24, 2.45) is 0 Å². The molecule has 0 aromatic heterocycles. The fourth-order valence-corrected chi connectivity index (χ4v) is 2.22. The van der Waals surface area contributed by atoms with Crippen molar-refractivity contribution in [1.29, 1.82) is 0 Å². The van der Waals surface area contributed by atoms with Gasteiger partial charge in [0.15, 0.2) is 5.78 Å². The molecule has 0 radical (unpaired) electrons. The highest BCUT2D eigenvalue weighted by molar-refractivity contribution is 9.10. The Hall–Kier alpha value is -0.360. The molecule has 0 N–H and O–H groups in total. The average molecular weight is 360 g/mol. The fourth-order valence-electron chi connectivity index (χ4n) is 1.27. The minimum atomic E-state index is -4.53. The summed E-state index contributed by atoms with van der Waals surface area (Å²) in [6, 6.07) is 3.88. The molecule has 0 atom stereocenters. The molecule has 0 bridgehead atoms. The van der Waals surface area contributed by atoms with E-state index in [2.05, 4.69) is 31.9 Å². The van der Waals surface area contributed by atoms with E-state index in [0.29, 0.717) is 5.33 Å². The Morgan fingerprint density at radius 1 is 1.31 bits per heavy atom. The van der Waals surface area contributed by atoms with Gasteiger partial charge in [-0.25, -0.2) is 0 Å². The average Bonchev–Trinajstić information content (AvgIpc) is 2.15. The highest BCUT2D eigenvalue weighted by atomic mass is 79.9. The van der Waals surface area contributed by atoms with E-state index in [1.807, 2.05) is 0 Å². The summed E-state index contributed by atoms with van der Waals surface area (Å²) in [6.07, 6.45) is -4.49. The molecular weight excluding hydrogens is 353 g/mol. The van der Waals surface area contributed by atoms with Crippen LogP contribution in [0.4, 0.5) is 13.2 Å². The topological polar surface area (TPSA) is 17.1 Å². The Morgan fingerprint density at radius 2 is 1.94 bits per heavy atom. The molecule has 0 unspecified atom stereocenters. The maximum Gasteiger partial charge on any atom is 0.418 e. The second-order valence-electron chi connectivity index (χ2n) is 3.02. The smallest absolute Gasteiger partial charge is 0.294 e. The number of ketones is 1. The lowest BCUT2D eigenvalue weighted by molar-refractivity contribution is -0.138. The molecule has 0 aliphatic heterocycles. The van der Waals surface area contributed by atoms with Crippen molar-refractivity contribution in [3.05, 3.63) is 33.8 Å². The zero-order valence-electron chi connectivity index (χ0n) is 7.94. The van der Waals surface area contributed by atoms with E-state index in [4.69, 9.17) is 0 Å². The number of carbonyl (C=O) groups is 1. The second kappa shape index (κ2) is 5.31. The highest BCUT2D eigenvalue weighted by Crippen LogP contribution is 2.37. The quantitative estimate of drug-likeness (QED) is 0.576. The predicted molar refractivity (Wildman–Crippen MR) is 61.9 cm³/mol. The van der Waals surface area contributed by atoms with Gasteiger partial charge in [-0.15, -0.1) is 0 Å². The number of hydrogen-bond acceptors (Lipinski definition) is 1. The third-order valence-electron chi connectivity index (χ3n) is 1.92. The molecule has 0 aliphatic carbocycles. The molecule has 0 spiro atoms. The third kappa shape index (κ3) is 3.07. The van der Waals surface area contributed by atoms with Gasteiger partial charge in [0, 0.05) is 21.8 Å². The second-order valence-corrected chi connectivity index (χ2v) is 4.67. The number of benzene rings is 1. The molecule has 1 aromatic carbocycles. The molecule has 1 rings (SSSR count). The maximum absolute atomic E-state index is 12.7. The van der Waals surface area contributed by atoms with Crippen molar-refractivity contribution >= 4 is 37.6 Å². The van der Waals surface area contributed by atoms with E-state index < -0.39 is 17.5 Å². The van der Waals surface area contributed by atoms with Crippen molar-refractivity contribution in [3.63, 3.8) is 0 Å². The van der Waals surface area contributed by atoms with E-state index in [0.717, 1.165) is 0 Å². The summed E-state index contributed by atoms with van der Waals surface area (Å²) >= 11 is 5.85. The number of Topliss-reactive ketones (excluding diaryl/α,β-unsaturated/α-hetero) is 1. The third-order valence-corrected chi connectivity index (χ3v) is 2.98. The minimum Gasteiger partial charge on any atom is -0.294 e. The number of alkyl halides is 4. The van der Waals surface area contributed by atoms with Crippen LogP contribution in [-0.2, 0) is 6.18 Å². The van der Waals surface area contributed by atoms with Crippen LogP contribution in [0, 0.1) is 0 Å². The summed E-state index contributed by atoms with van der Waals surface area (Å²) < 4.78 is 38.0. The molecule has 88 valence electrons. The molecular formula is C10H7Br2F3O. The first-order chi connectivity index (χ1) is 7.38. The summed E-state index contributed by atoms with van der Waals surface area (Å²) in [5, 5.41) is 0.343. The summed E-state index contributed by atoms with van der Waals surface area (Å²) in [4.78, 5) is 11.5. The van der Waals surface area contributed by atoms with E-state index >= 15 is 0 Å². The van der Waals surface area contributed by atoms with Gasteiger partial charge in [0.25, 0.3) is 0 Å². The van der Waals surface area contributed by atoms with Gasteiger partial charge in [-0.3, -0.25) is 4.79 Å². The normalized spacial score (nSPS) is 11.6. The van der Waals surface area contributed by atoms with Gasteiger partial charge < -0.3 is 0 Å². The molecule has 1 nitrogen and oxygen atoms in total. The van der Waals surface area contributed by atoms with Crippen LogP contribution in [0.5, 0.6) is 0 Å². The van der Waals surface area contributed by atoms with E-state index in [-0.39, 0.29) is 16.5 Å². The lowest BCUT2D eigenvalue weighted by Gasteiger charge is -2.13. The van der Waals surface area contributed by atoms with Crippen molar-refractivity contribution in [1.82, 2.24) is 0 Å². The Bertz CT molecular complexity index is 402. The first-order valence-electron chi connectivity index (χ1n) is 4.32. The number of halogens is 5. The largest absolute Gasteiger partial charge is 0.418 e. The Labute approximate surface area is 107 Å². The van der Waals surface area contributed by atoms with Crippen LogP contribution in [0.3, 0.4) is 0 Å². The summed E-state index contributed by atoms with van der Waals surface area (Å²) in [5.41, 5.74) is -1.19. The van der Waals surface area contributed by atoms with Gasteiger partial charge in [-0.2, -0.15) is 13.2 Å². The lowest BCUT2D eigenvalue weighted by Crippen LogP contribution is -2.14. The maximum atomic E-state index is 12.7. The Balaban J connectivity index is 3.29. The number of carbonyl (C=O) groups excluding carboxylic acids is 1. The van der Waals surface area contributed by atoms with E-state index in [1.54, 1.807) is 0 Å². The molecule has 6 heteroatoms. The molecule has 16 heavy (non-hydrogen) atoms. The van der Waals surface area contributed by atoms with E-state index in [1.165, 1.54) is 18.2 Å². The molecule has 0 saturated heterocycles. The van der Waals surface area contributed by atoms with Crippen LogP contribution in [0.25, 0.3) is 0 Å². The first-order valence-corrected chi connectivity index (χ1v) is 6.24. The van der Waals surface area contributed by atoms with Crippen LogP contribution in [0.15, 0.2) is 22.7 Å². The zero-order valence-corrected chi connectivity index (χ0v) is 11.1. The van der Waals surface area contributed by atoms with Crippen molar-refractivity contribution in [2.45, 2.75) is 12.6 Å². The SMILES string of the molecule is O=C(CCBr)c1cccc(Br)c1C(F)(F)F. The Morgan fingerprint density at radius 3 is 2.44 bits per heavy atom. The van der Waals surface area contributed by atoms with Gasteiger partial charge in [-0.05, 0) is 6.07 Å². The van der Waals surface area contributed by atoms with Crippen LogP contribution in [0.1, 0.15) is 22.3 Å². The summed E-state index contributed by atoms with van der Waals surface area (Å²) in [5.74, 6) is -0.523. The molecule has 0 heterocycles. The number of hydrogen-bond donors (Lipinski definition) is 0. The van der Waals surface area contributed by atoms with Gasteiger partial charge >= 0.3 is 6.18 Å². The predicted octanol–water partition coefficient (Wildman–Crippen LogP) is 4.44. The molecule has 0 amide bonds.